The largest absolute Gasteiger partial charge is 0.389 e. The molecule has 182 valence electrons. The van der Waals surface area contributed by atoms with E-state index >= 15 is 0 Å². The van der Waals surface area contributed by atoms with Crippen LogP contribution in [0.25, 0.3) is 28.2 Å². The van der Waals surface area contributed by atoms with E-state index in [2.05, 4.69) is 20.1 Å². The fourth-order valence-electron chi connectivity index (χ4n) is 4.56. The first-order chi connectivity index (χ1) is 16.8. The molecule has 0 amide bonds. The van der Waals surface area contributed by atoms with Gasteiger partial charge in [-0.2, -0.15) is 0 Å². The van der Waals surface area contributed by atoms with Gasteiger partial charge in [0.2, 0.25) is 0 Å². The van der Waals surface area contributed by atoms with E-state index in [1.807, 2.05) is 49.7 Å². The second-order valence-electron chi connectivity index (χ2n) is 9.53. The summed E-state index contributed by atoms with van der Waals surface area (Å²) < 4.78 is 15.5. The molecule has 0 bridgehead atoms. The highest BCUT2D eigenvalue weighted by Crippen LogP contribution is 2.33. The third-order valence-electron chi connectivity index (χ3n) is 6.18. The number of halogens is 1. The molecular formula is C26H30FN7O. The molecule has 9 heteroatoms. The first-order valence-electron chi connectivity index (χ1n) is 11.8. The van der Waals surface area contributed by atoms with Gasteiger partial charge in [0.15, 0.2) is 5.65 Å². The molecule has 1 aliphatic heterocycles. The van der Waals surface area contributed by atoms with Crippen LogP contribution in [-0.4, -0.2) is 75.0 Å². The number of piperazine rings is 1. The Kier molecular flexibility index (Phi) is 6.12. The number of imidazole rings is 1. The Labute approximate surface area is 204 Å². The van der Waals surface area contributed by atoms with Crippen molar-refractivity contribution in [2.24, 2.45) is 0 Å². The van der Waals surface area contributed by atoms with Crippen LogP contribution in [-0.2, 0) is 0 Å². The molecule has 1 fully saturated rings. The van der Waals surface area contributed by atoms with Crippen molar-refractivity contribution in [1.82, 2.24) is 24.5 Å². The van der Waals surface area contributed by atoms with Crippen LogP contribution in [0.4, 0.5) is 16.0 Å². The summed E-state index contributed by atoms with van der Waals surface area (Å²) in [5, 5.41) is 18.2. The quantitative estimate of drug-likeness (QED) is 0.442. The van der Waals surface area contributed by atoms with Crippen LogP contribution in [0.1, 0.15) is 13.8 Å². The van der Waals surface area contributed by atoms with Crippen molar-refractivity contribution in [2.45, 2.75) is 19.4 Å². The van der Waals surface area contributed by atoms with Crippen molar-refractivity contribution in [3.8, 4) is 22.5 Å². The molecule has 4 aromatic rings. The summed E-state index contributed by atoms with van der Waals surface area (Å²) in [7, 11) is 1.83. The number of rotatable bonds is 6. The van der Waals surface area contributed by atoms with Crippen molar-refractivity contribution >= 4 is 17.3 Å². The number of nitrogens with zero attached hydrogens (tertiary/aromatic N) is 6. The van der Waals surface area contributed by atoms with Crippen LogP contribution in [0.5, 0.6) is 0 Å². The summed E-state index contributed by atoms with van der Waals surface area (Å²) in [5.41, 5.74) is 3.29. The normalized spacial score (nSPS) is 15.1. The van der Waals surface area contributed by atoms with E-state index in [9.17, 15) is 9.50 Å². The molecule has 3 aromatic heterocycles. The smallest absolute Gasteiger partial charge is 0.155 e. The number of benzene rings is 1. The molecule has 0 unspecified atom stereocenters. The third-order valence-corrected chi connectivity index (χ3v) is 6.18. The standard InChI is InChI=1S/C26H30FN7O/c1-26(2,35)17-32-12-14-33(15-13-32)23-9-8-22-30-24(18-4-6-20(27)7-5-18)25(34(22)31-23)19-10-11-29-21(16-19)28-3/h4-11,16,35H,12-15,17H2,1-3H3,(H,28,29). The van der Waals surface area contributed by atoms with E-state index in [0.717, 1.165) is 60.3 Å². The minimum absolute atomic E-state index is 0.287. The Bertz CT molecular complexity index is 1320. The van der Waals surface area contributed by atoms with E-state index in [0.29, 0.717) is 12.2 Å². The molecule has 2 N–H and O–H groups in total. The van der Waals surface area contributed by atoms with E-state index < -0.39 is 5.60 Å². The van der Waals surface area contributed by atoms with Crippen LogP contribution < -0.4 is 10.2 Å². The number of anilines is 2. The average Bonchev–Trinajstić information content (AvgIpc) is 3.23. The molecular weight excluding hydrogens is 445 g/mol. The van der Waals surface area contributed by atoms with Crippen LogP contribution in [0.2, 0.25) is 0 Å². The Hall–Kier alpha value is -3.56. The van der Waals surface area contributed by atoms with Gasteiger partial charge in [0.05, 0.1) is 11.3 Å². The molecule has 8 nitrogen and oxygen atoms in total. The first kappa shape index (κ1) is 23.2. The second kappa shape index (κ2) is 9.24. The van der Waals surface area contributed by atoms with E-state index in [1.54, 1.807) is 18.3 Å². The Balaban J connectivity index is 1.55. The minimum atomic E-state index is -0.710. The zero-order valence-corrected chi connectivity index (χ0v) is 20.2. The molecule has 35 heavy (non-hydrogen) atoms. The van der Waals surface area contributed by atoms with Gasteiger partial charge in [-0.25, -0.2) is 18.9 Å². The molecule has 0 spiro atoms. The SMILES string of the molecule is CNc1cc(-c2c(-c3ccc(F)cc3)nc3ccc(N4CCN(CC(C)(C)O)CC4)nn23)ccn1. The molecule has 0 saturated carbocycles. The van der Waals surface area contributed by atoms with E-state index in [1.165, 1.54) is 12.1 Å². The summed E-state index contributed by atoms with van der Waals surface area (Å²) >= 11 is 0. The van der Waals surface area contributed by atoms with Crippen molar-refractivity contribution in [2.75, 3.05) is 50.0 Å². The van der Waals surface area contributed by atoms with Gasteiger partial charge < -0.3 is 15.3 Å². The lowest BCUT2D eigenvalue weighted by Gasteiger charge is -2.37. The monoisotopic (exact) mass is 475 g/mol. The molecule has 5 rings (SSSR count). The van der Waals surface area contributed by atoms with Gasteiger partial charge >= 0.3 is 0 Å². The topological polar surface area (TPSA) is 81.8 Å². The van der Waals surface area contributed by atoms with Crippen molar-refractivity contribution in [3.63, 3.8) is 0 Å². The Morgan fingerprint density at radius 2 is 1.74 bits per heavy atom. The maximum atomic E-state index is 13.6. The molecule has 0 radical (unpaired) electrons. The lowest BCUT2D eigenvalue weighted by Crippen LogP contribution is -2.50. The van der Waals surface area contributed by atoms with Gasteiger partial charge in [0.25, 0.3) is 0 Å². The number of hydrogen-bond acceptors (Lipinski definition) is 7. The van der Waals surface area contributed by atoms with Gasteiger partial charge in [-0.15, -0.1) is 5.10 Å². The molecule has 0 aliphatic carbocycles. The fraction of sp³-hybridized carbons (Fsp3) is 0.346. The second-order valence-corrected chi connectivity index (χ2v) is 9.53. The van der Waals surface area contributed by atoms with E-state index in [-0.39, 0.29) is 5.82 Å². The highest BCUT2D eigenvalue weighted by atomic mass is 19.1. The van der Waals surface area contributed by atoms with Crippen LogP contribution in [0.15, 0.2) is 54.7 Å². The van der Waals surface area contributed by atoms with Crippen molar-refractivity contribution in [3.05, 3.63) is 60.5 Å². The van der Waals surface area contributed by atoms with Gasteiger partial charge in [-0.1, -0.05) is 0 Å². The highest BCUT2D eigenvalue weighted by Gasteiger charge is 2.24. The summed E-state index contributed by atoms with van der Waals surface area (Å²) in [6.07, 6.45) is 1.75. The summed E-state index contributed by atoms with van der Waals surface area (Å²) in [4.78, 5) is 13.7. The zero-order valence-electron chi connectivity index (χ0n) is 20.2. The maximum absolute atomic E-state index is 13.6. The Morgan fingerprint density at radius 3 is 2.43 bits per heavy atom. The van der Waals surface area contributed by atoms with Gasteiger partial charge in [-0.05, 0) is 62.4 Å². The number of hydrogen-bond donors (Lipinski definition) is 2. The van der Waals surface area contributed by atoms with Crippen LogP contribution in [0.3, 0.4) is 0 Å². The number of fused-ring (bicyclic) bond motifs is 1. The fourth-order valence-corrected chi connectivity index (χ4v) is 4.56. The first-order valence-corrected chi connectivity index (χ1v) is 11.8. The van der Waals surface area contributed by atoms with Crippen molar-refractivity contribution < 1.29 is 9.50 Å². The molecule has 4 heterocycles. The molecule has 1 saturated heterocycles. The predicted octanol–water partition coefficient (Wildman–Crippen LogP) is 3.53. The minimum Gasteiger partial charge on any atom is -0.389 e. The Morgan fingerprint density at radius 1 is 1.00 bits per heavy atom. The lowest BCUT2D eigenvalue weighted by molar-refractivity contribution is 0.0344. The summed E-state index contributed by atoms with van der Waals surface area (Å²) in [6, 6.07) is 14.2. The molecule has 0 atom stereocenters. The number of pyridine rings is 1. The predicted molar refractivity (Wildman–Crippen MR) is 136 cm³/mol. The van der Waals surface area contributed by atoms with Crippen molar-refractivity contribution in [1.29, 1.82) is 0 Å². The van der Waals surface area contributed by atoms with Gasteiger partial charge in [0, 0.05) is 57.1 Å². The van der Waals surface area contributed by atoms with Gasteiger partial charge in [-0.3, -0.25) is 4.90 Å². The molecule has 1 aliphatic rings. The van der Waals surface area contributed by atoms with Gasteiger partial charge in [0.1, 0.15) is 23.1 Å². The number of aromatic nitrogens is 4. The summed E-state index contributed by atoms with van der Waals surface area (Å²) in [6.45, 7) is 7.69. The van der Waals surface area contributed by atoms with Crippen LogP contribution >= 0.6 is 0 Å². The number of β-amino-alcohol motifs (C(OH)–C–C–N with tert-alkyl or cyclic N) is 1. The maximum Gasteiger partial charge on any atom is 0.155 e. The van der Waals surface area contributed by atoms with Crippen LogP contribution in [0, 0.1) is 5.82 Å². The summed E-state index contributed by atoms with van der Waals surface area (Å²) in [5.74, 6) is 1.32. The lowest BCUT2D eigenvalue weighted by atomic mass is 10.1. The molecule has 1 aromatic carbocycles. The zero-order chi connectivity index (χ0) is 24.6. The number of aliphatic hydroxyl groups is 1. The number of nitrogens with one attached hydrogen (secondary N) is 1. The average molecular weight is 476 g/mol. The highest BCUT2D eigenvalue weighted by molar-refractivity contribution is 5.82. The van der Waals surface area contributed by atoms with E-state index in [4.69, 9.17) is 10.1 Å². The third kappa shape index (κ3) is 4.96.